The highest BCUT2D eigenvalue weighted by Gasteiger charge is 2.45. The number of halogens is 1. The van der Waals surface area contributed by atoms with Gasteiger partial charge in [-0.25, -0.2) is 4.39 Å². The molecule has 1 saturated carbocycles. The molecule has 3 heteroatoms. The molecule has 1 fully saturated rings. The molecule has 0 unspecified atom stereocenters. The van der Waals surface area contributed by atoms with Gasteiger partial charge in [-0.1, -0.05) is 49.2 Å². The van der Waals surface area contributed by atoms with Crippen LogP contribution in [0.2, 0.25) is 0 Å². The number of hydrogen-bond acceptors (Lipinski definition) is 1. The summed E-state index contributed by atoms with van der Waals surface area (Å²) < 4.78 is 13.7. The van der Waals surface area contributed by atoms with Crippen LogP contribution in [0.1, 0.15) is 54.8 Å². The van der Waals surface area contributed by atoms with Crippen LogP contribution in [0.15, 0.2) is 54.1 Å². The summed E-state index contributed by atoms with van der Waals surface area (Å²) in [5.41, 5.74) is 6.18. The van der Waals surface area contributed by atoms with Crippen molar-refractivity contribution in [3.05, 3.63) is 76.6 Å². The maximum absolute atomic E-state index is 13.7. The summed E-state index contributed by atoms with van der Waals surface area (Å²) in [4.78, 5) is 15.0. The molecule has 29 heavy (non-hydrogen) atoms. The zero-order chi connectivity index (χ0) is 20.0. The van der Waals surface area contributed by atoms with Gasteiger partial charge in [-0.3, -0.25) is 4.79 Å². The van der Waals surface area contributed by atoms with E-state index >= 15 is 0 Å². The molecule has 1 aliphatic heterocycles. The van der Waals surface area contributed by atoms with Crippen LogP contribution in [0.5, 0.6) is 0 Å². The molecule has 0 saturated heterocycles. The van der Waals surface area contributed by atoms with Gasteiger partial charge in [0.05, 0.1) is 6.04 Å². The van der Waals surface area contributed by atoms with E-state index in [4.69, 9.17) is 6.42 Å². The van der Waals surface area contributed by atoms with Crippen molar-refractivity contribution < 1.29 is 9.18 Å². The first-order valence-corrected chi connectivity index (χ1v) is 10.5. The van der Waals surface area contributed by atoms with Gasteiger partial charge in [0.15, 0.2) is 0 Å². The molecular weight excluding hydrogens is 361 g/mol. The molecule has 0 N–H and O–H groups in total. The summed E-state index contributed by atoms with van der Waals surface area (Å²) in [5, 5.41) is 0. The molecule has 1 heterocycles. The van der Waals surface area contributed by atoms with Crippen LogP contribution in [0.25, 0.3) is 5.57 Å². The second-order valence-corrected chi connectivity index (χ2v) is 8.46. The lowest BCUT2D eigenvalue weighted by Crippen LogP contribution is -2.48. The van der Waals surface area contributed by atoms with Crippen molar-refractivity contribution in [2.75, 3.05) is 0 Å². The normalized spacial score (nSPS) is 23.7. The van der Waals surface area contributed by atoms with Gasteiger partial charge in [0, 0.05) is 6.04 Å². The molecule has 2 atom stereocenters. The van der Waals surface area contributed by atoms with E-state index in [9.17, 15) is 9.18 Å². The third-order valence-corrected chi connectivity index (χ3v) is 6.98. The molecule has 2 aromatic carbocycles. The van der Waals surface area contributed by atoms with E-state index in [2.05, 4.69) is 30.2 Å². The van der Waals surface area contributed by atoms with Gasteiger partial charge in [0.25, 0.3) is 5.91 Å². The van der Waals surface area contributed by atoms with Crippen molar-refractivity contribution in [3.63, 3.8) is 0 Å². The lowest BCUT2D eigenvalue weighted by Gasteiger charge is -2.45. The van der Waals surface area contributed by atoms with Crippen molar-refractivity contribution in [1.82, 2.24) is 4.90 Å². The Balaban J connectivity index is 1.68. The second kappa shape index (κ2) is 7.19. The Morgan fingerprint density at radius 2 is 1.79 bits per heavy atom. The number of carbonyl (C=O) groups is 1. The number of carbonyl (C=O) groups excluding carboxylic acids is 1. The summed E-state index contributed by atoms with van der Waals surface area (Å²) in [7, 11) is 0. The van der Waals surface area contributed by atoms with E-state index in [0.29, 0.717) is 5.92 Å². The van der Waals surface area contributed by atoms with Gasteiger partial charge in [0.2, 0.25) is 0 Å². The highest BCUT2D eigenvalue weighted by Crippen LogP contribution is 2.51. The fraction of sp³-hybridized carbons (Fsp3) is 0.346. The molecule has 5 rings (SSSR count). The SMILES string of the molecule is C#CC(=O)N1[C@@H](c2ccc(F)cc2)C2=C(C[C@@H]1C1CCCC1)c1ccccc1C2. The number of terminal acetylenes is 1. The zero-order valence-corrected chi connectivity index (χ0v) is 16.4. The minimum Gasteiger partial charge on any atom is -0.317 e. The third-order valence-electron chi connectivity index (χ3n) is 6.98. The molecule has 0 bridgehead atoms. The van der Waals surface area contributed by atoms with Crippen LogP contribution < -0.4 is 0 Å². The fourth-order valence-corrected chi connectivity index (χ4v) is 5.71. The Morgan fingerprint density at radius 1 is 1.07 bits per heavy atom. The van der Waals surface area contributed by atoms with Crippen LogP contribution in [0.3, 0.4) is 0 Å². The van der Waals surface area contributed by atoms with Crippen molar-refractivity contribution in [1.29, 1.82) is 0 Å². The molecule has 146 valence electrons. The standard InChI is InChI=1S/C26H24FNO/c1-2-25(29)28-24(17-7-3-4-8-17)16-22-21-10-6-5-9-19(21)15-23(22)26(28)18-11-13-20(27)14-12-18/h1,5-6,9-14,17,24,26H,3-4,7-8,15-16H2/t24-,26+/m1/s1. The van der Waals surface area contributed by atoms with Crippen LogP contribution in [0.4, 0.5) is 4.39 Å². The lowest BCUT2D eigenvalue weighted by atomic mass is 9.80. The Labute approximate surface area is 171 Å². The number of benzene rings is 2. The zero-order valence-electron chi connectivity index (χ0n) is 16.4. The van der Waals surface area contributed by atoms with Crippen LogP contribution in [-0.2, 0) is 11.2 Å². The molecule has 2 aromatic rings. The molecule has 3 aliphatic rings. The van der Waals surface area contributed by atoms with Crippen LogP contribution in [0, 0.1) is 24.1 Å². The molecule has 0 radical (unpaired) electrons. The van der Waals surface area contributed by atoms with E-state index in [1.54, 1.807) is 12.1 Å². The van der Waals surface area contributed by atoms with E-state index in [0.717, 1.165) is 31.2 Å². The van der Waals surface area contributed by atoms with Crippen molar-refractivity contribution in [3.8, 4) is 12.3 Å². The predicted molar refractivity (Wildman–Crippen MR) is 112 cm³/mol. The number of rotatable bonds is 2. The Bertz CT molecular complexity index is 1020. The monoisotopic (exact) mass is 385 g/mol. The lowest BCUT2D eigenvalue weighted by molar-refractivity contribution is -0.131. The Hall–Kier alpha value is -2.86. The number of hydrogen-bond donors (Lipinski definition) is 0. The molecule has 0 spiro atoms. The summed E-state index contributed by atoms with van der Waals surface area (Å²) in [6, 6.07) is 15.0. The highest BCUT2D eigenvalue weighted by molar-refractivity contribution is 5.95. The minimum atomic E-state index is -0.268. The topological polar surface area (TPSA) is 20.3 Å². The van der Waals surface area contributed by atoms with Crippen LogP contribution in [-0.4, -0.2) is 16.8 Å². The quantitative estimate of drug-likeness (QED) is 0.642. The van der Waals surface area contributed by atoms with Gasteiger partial charge in [-0.2, -0.15) is 0 Å². The smallest absolute Gasteiger partial charge is 0.299 e. The van der Waals surface area contributed by atoms with Gasteiger partial charge in [-0.15, -0.1) is 6.42 Å². The maximum Gasteiger partial charge on any atom is 0.299 e. The minimum absolute atomic E-state index is 0.0982. The summed E-state index contributed by atoms with van der Waals surface area (Å²) in [5.74, 6) is 2.34. The molecule has 1 amide bonds. The third kappa shape index (κ3) is 2.99. The van der Waals surface area contributed by atoms with Crippen molar-refractivity contribution >= 4 is 11.5 Å². The molecule has 2 nitrogen and oxygen atoms in total. The highest BCUT2D eigenvalue weighted by atomic mass is 19.1. The first-order valence-electron chi connectivity index (χ1n) is 10.5. The van der Waals surface area contributed by atoms with E-state index in [-0.39, 0.29) is 23.8 Å². The van der Waals surface area contributed by atoms with Crippen molar-refractivity contribution in [2.45, 2.75) is 50.6 Å². The number of amides is 1. The van der Waals surface area contributed by atoms with E-state index in [1.807, 2.05) is 4.90 Å². The largest absolute Gasteiger partial charge is 0.317 e. The predicted octanol–water partition coefficient (Wildman–Crippen LogP) is 5.30. The average molecular weight is 385 g/mol. The van der Waals surface area contributed by atoms with E-state index < -0.39 is 0 Å². The number of nitrogens with zero attached hydrogens (tertiary/aromatic N) is 1. The van der Waals surface area contributed by atoms with Crippen LogP contribution >= 0.6 is 0 Å². The Morgan fingerprint density at radius 3 is 2.52 bits per heavy atom. The average Bonchev–Trinajstić information content (AvgIpc) is 3.40. The maximum atomic E-state index is 13.7. The first kappa shape index (κ1) is 18.2. The fourth-order valence-electron chi connectivity index (χ4n) is 5.71. The molecular formula is C26H24FNO. The Kier molecular flexibility index (Phi) is 4.51. The number of fused-ring (bicyclic) bond motifs is 2. The molecule has 0 aromatic heterocycles. The van der Waals surface area contributed by atoms with Gasteiger partial charge in [-0.05, 0) is 77.5 Å². The van der Waals surface area contributed by atoms with E-state index in [1.165, 1.54) is 47.2 Å². The molecule has 2 aliphatic carbocycles. The summed E-state index contributed by atoms with van der Waals surface area (Å²) in [6.45, 7) is 0. The summed E-state index contributed by atoms with van der Waals surface area (Å²) >= 11 is 0. The second-order valence-electron chi connectivity index (χ2n) is 8.46. The van der Waals surface area contributed by atoms with Gasteiger partial charge >= 0.3 is 0 Å². The van der Waals surface area contributed by atoms with Gasteiger partial charge < -0.3 is 4.90 Å². The van der Waals surface area contributed by atoms with Gasteiger partial charge in [0.1, 0.15) is 5.82 Å². The first-order chi connectivity index (χ1) is 14.2. The van der Waals surface area contributed by atoms with Crippen molar-refractivity contribution in [2.24, 2.45) is 5.92 Å². The summed E-state index contributed by atoms with van der Waals surface area (Å²) in [6.07, 6.45) is 12.0.